The number of pyridine rings is 1. The van der Waals surface area contributed by atoms with E-state index < -0.39 is 10.3 Å². The van der Waals surface area contributed by atoms with E-state index in [-0.39, 0.29) is 17.3 Å². The molecule has 0 spiro atoms. The van der Waals surface area contributed by atoms with E-state index >= 15 is 0 Å². The van der Waals surface area contributed by atoms with E-state index in [1.54, 1.807) is 36.5 Å². The number of aromatic nitrogens is 1. The van der Waals surface area contributed by atoms with Gasteiger partial charge < -0.3 is 0 Å². The molecule has 1 aromatic carbocycles. The van der Waals surface area contributed by atoms with Crippen molar-refractivity contribution in [3.63, 3.8) is 0 Å². The van der Waals surface area contributed by atoms with E-state index in [9.17, 15) is 14.9 Å². The van der Waals surface area contributed by atoms with Crippen LogP contribution in [0.1, 0.15) is 10.9 Å². The highest BCUT2D eigenvalue weighted by atomic mass is 79.9. The Hall–Kier alpha value is -1.93. The standard InChI is InChI=1S/C14H10BrN3O3S/c15-9-5-6-12(16-7-9)17-13(19)8-22-14(17)10-3-1-2-4-11(10)18(20)21/h1-7,14H,8H2. The summed E-state index contributed by atoms with van der Waals surface area (Å²) in [5.74, 6) is 0.651. The molecule has 112 valence electrons. The molecular formula is C14H10BrN3O3S. The Kier molecular flexibility index (Phi) is 4.12. The van der Waals surface area contributed by atoms with Crippen LogP contribution in [0.25, 0.3) is 0 Å². The molecule has 22 heavy (non-hydrogen) atoms. The van der Waals surface area contributed by atoms with E-state index in [4.69, 9.17) is 0 Å². The fourth-order valence-electron chi connectivity index (χ4n) is 2.27. The first-order valence-corrected chi connectivity index (χ1v) is 8.20. The number of carbonyl (C=O) groups is 1. The van der Waals surface area contributed by atoms with Crippen molar-refractivity contribution in [2.45, 2.75) is 5.37 Å². The van der Waals surface area contributed by atoms with E-state index in [1.807, 2.05) is 0 Å². The summed E-state index contributed by atoms with van der Waals surface area (Å²) in [6, 6.07) is 9.99. The van der Waals surface area contributed by atoms with Crippen molar-refractivity contribution in [1.29, 1.82) is 0 Å². The first-order chi connectivity index (χ1) is 10.6. The number of halogens is 1. The summed E-state index contributed by atoms with van der Waals surface area (Å²) in [7, 11) is 0. The van der Waals surface area contributed by atoms with E-state index in [0.29, 0.717) is 11.4 Å². The lowest BCUT2D eigenvalue weighted by atomic mass is 10.1. The minimum atomic E-state index is -0.442. The molecule has 2 heterocycles. The van der Waals surface area contributed by atoms with Crippen molar-refractivity contribution >= 4 is 45.1 Å². The number of thioether (sulfide) groups is 1. The molecule has 1 aromatic heterocycles. The molecule has 3 rings (SSSR count). The summed E-state index contributed by atoms with van der Waals surface area (Å²) < 4.78 is 0.804. The minimum Gasteiger partial charge on any atom is -0.279 e. The van der Waals surface area contributed by atoms with Gasteiger partial charge in [0.2, 0.25) is 5.91 Å². The number of hydrogen-bond acceptors (Lipinski definition) is 5. The molecule has 8 heteroatoms. The number of carbonyl (C=O) groups excluding carboxylic acids is 1. The van der Waals surface area contributed by atoms with Crippen LogP contribution < -0.4 is 4.90 Å². The number of anilines is 1. The van der Waals surface area contributed by atoms with Gasteiger partial charge >= 0.3 is 0 Å². The molecular weight excluding hydrogens is 370 g/mol. The Morgan fingerprint density at radius 1 is 1.32 bits per heavy atom. The molecule has 1 aliphatic heterocycles. The van der Waals surface area contributed by atoms with Gasteiger partial charge in [-0.25, -0.2) is 4.98 Å². The van der Waals surface area contributed by atoms with Crippen LogP contribution in [0.3, 0.4) is 0 Å². The third-order valence-corrected chi connectivity index (χ3v) is 4.89. The lowest BCUT2D eigenvalue weighted by Crippen LogP contribution is -2.28. The van der Waals surface area contributed by atoms with Gasteiger partial charge in [-0.3, -0.25) is 19.8 Å². The molecule has 1 aliphatic rings. The highest BCUT2D eigenvalue weighted by Gasteiger charge is 2.38. The zero-order valence-electron chi connectivity index (χ0n) is 11.2. The fourth-order valence-corrected chi connectivity index (χ4v) is 3.70. The van der Waals surface area contributed by atoms with Crippen LogP contribution in [-0.2, 0) is 4.79 Å². The molecule has 2 aromatic rings. The SMILES string of the molecule is O=C1CSC(c2ccccc2[N+](=O)[O-])N1c1ccc(Br)cn1. The number of nitro groups is 1. The Balaban J connectivity index is 2.05. The smallest absolute Gasteiger partial charge is 0.275 e. The third-order valence-electron chi connectivity index (χ3n) is 3.23. The number of amides is 1. The maximum Gasteiger partial charge on any atom is 0.275 e. The predicted molar refractivity (Wildman–Crippen MR) is 87.7 cm³/mol. The van der Waals surface area contributed by atoms with Crippen molar-refractivity contribution < 1.29 is 9.72 Å². The zero-order chi connectivity index (χ0) is 15.7. The topological polar surface area (TPSA) is 76.3 Å². The Labute approximate surface area is 138 Å². The molecule has 1 unspecified atom stereocenters. The van der Waals surface area contributed by atoms with Gasteiger partial charge in [0.25, 0.3) is 5.69 Å². The van der Waals surface area contributed by atoms with Crippen molar-refractivity contribution in [3.05, 3.63) is 62.7 Å². The number of rotatable bonds is 3. The molecule has 0 bridgehead atoms. The molecule has 0 radical (unpaired) electrons. The summed E-state index contributed by atoms with van der Waals surface area (Å²) in [5, 5.41) is 10.8. The number of nitrogens with zero attached hydrogens (tertiary/aromatic N) is 3. The van der Waals surface area contributed by atoms with E-state index in [1.165, 1.54) is 22.7 Å². The molecule has 1 saturated heterocycles. The van der Waals surface area contributed by atoms with Crippen LogP contribution in [0.5, 0.6) is 0 Å². The highest BCUT2D eigenvalue weighted by Crippen LogP contribution is 2.44. The highest BCUT2D eigenvalue weighted by molar-refractivity contribution is 9.10. The van der Waals surface area contributed by atoms with Gasteiger partial charge in [-0.1, -0.05) is 12.1 Å². The van der Waals surface area contributed by atoms with Gasteiger partial charge in [-0.2, -0.15) is 0 Å². The molecule has 0 N–H and O–H groups in total. The Morgan fingerprint density at radius 3 is 2.77 bits per heavy atom. The zero-order valence-corrected chi connectivity index (χ0v) is 13.6. The van der Waals surface area contributed by atoms with Gasteiger partial charge in [0, 0.05) is 16.7 Å². The summed E-state index contributed by atoms with van der Waals surface area (Å²) in [4.78, 5) is 28.8. The average molecular weight is 380 g/mol. The third kappa shape index (κ3) is 2.71. The summed E-state index contributed by atoms with van der Waals surface area (Å²) in [6.45, 7) is 0. The molecule has 1 amide bonds. The van der Waals surface area contributed by atoms with Crippen molar-refractivity contribution in [2.75, 3.05) is 10.7 Å². The second-order valence-corrected chi connectivity index (χ2v) is 6.56. The van der Waals surface area contributed by atoms with Crippen LogP contribution in [0.15, 0.2) is 47.1 Å². The summed E-state index contributed by atoms with van der Waals surface area (Å²) in [5.41, 5.74) is 0.518. The molecule has 1 atom stereocenters. The molecule has 6 nitrogen and oxygen atoms in total. The van der Waals surface area contributed by atoms with E-state index in [0.717, 1.165) is 4.47 Å². The second-order valence-electron chi connectivity index (χ2n) is 4.58. The van der Waals surface area contributed by atoms with Crippen LogP contribution in [0.2, 0.25) is 0 Å². The summed E-state index contributed by atoms with van der Waals surface area (Å²) in [6.07, 6.45) is 1.60. The number of nitro benzene ring substituents is 1. The Bertz CT molecular complexity index is 738. The fraction of sp³-hybridized carbons (Fsp3) is 0.143. The number of para-hydroxylation sites is 1. The van der Waals surface area contributed by atoms with Crippen LogP contribution in [-0.4, -0.2) is 21.6 Å². The van der Waals surface area contributed by atoms with Gasteiger partial charge in [-0.05, 0) is 34.1 Å². The monoisotopic (exact) mass is 379 g/mol. The van der Waals surface area contributed by atoms with Gasteiger partial charge in [-0.15, -0.1) is 11.8 Å². The van der Waals surface area contributed by atoms with Gasteiger partial charge in [0.05, 0.1) is 16.2 Å². The molecule has 0 saturated carbocycles. The average Bonchev–Trinajstić information content (AvgIpc) is 2.90. The maximum absolute atomic E-state index is 12.2. The molecule has 1 fully saturated rings. The minimum absolute atomic E-state index is 0.0109. The predicted octanol–water partition coefficient (Wildman–Crippen LogP) is 3.53. The van der Waals surface area contributed by atoms with Crippen molar-refractivity contribution in [2.24, 2.45) is 0 Å². The van der Waals surface area contributed by atoms with Crippen LogP contribution in [0, 0.1) is 10.1 Å². The van der Waals surface area contributed by atoms with Crippen molar-refractivity contribution in [3.8, 4) is 0 Å². The lowest BCUT2D eigenvalue weighted by Gasteiger charge is -2.23. The lowest BCUT2D eigenvalue weighted by molar-refractivity contribution is -0.385. The molecule has 0 aliphatic carbocycles. The largest absolute Gasteiger partial charge is 0.279 e. The number of benzene rings is 1. The normalized spacial score (nSPS) is 17.8. The second kappa shape index (κ2) is 6.05. The Morgan fingerprint density at radius 2 is 2.09 bits per heavy atom. The first-order valence-electron chi connectivity index (χ1n) is 6.36. The maximum atomic E-state index is 12.2. The summed E-state index contributed by atoms with van der Waals surface area (Å²) >= 11 is 4.66. The quantitative estimate of drug-likeness (QED) is 0.602. The van der Waals surface area contributed by atoms with Gasteiger partial charge in [0.15, 0.2) is 0 Å². The number of hydrogen-bond donors (Lipinski definition) is 0. The first kappa shape index (κ1) is 15.0. The van der Waals surface area contributed by atoms with Crippen LogP contribution >= 0.6 is 27.7 Å². The van der Waals surface area contributed by atoms with Crippen molar-refractivity contribution in [1.82, 2.24) is 4.98 Å². The van der Waals surface area contributed by atoms with E-state index in [2.05, 4.69) is 20.9 Å². The van der Waals surface area contributed by atoms with Gasteiger partial charge in [0.1, 0.15) is 11.2 Å². The van der Waals surface area contributed by atoms with Crippen LogP contribution in [0.4, 0.5) is 11.5 Å².